The van der Waals surface area contributed by atoms with Gasteiger partial charge < -0.3 is 10.1 Å². The Hall–Kier alpha value is -0.120. The van der Waals surface area contributed by atoms with Crippen LogP contribution in [0.5, 0.6) is 0 Å². The van der Waals surface area contributed by atoms with Crippen molar-refractivity contribution in [3.05, 3.63) is 0 Å². The molecule has 1 unspecified atom stereocenters. The van der Waals surface area contributed by atoms with Crippen molar-refractivity contribution in [2.45, 2.75) is 83.9 Å². The molecule has 2 fully saturated rings. The van der Waals surface area contributed by atoms with Crippen LogP contribution in [-0.2, 0) is 4.74 Å². The van der Waals surface area contributed by atoms with Gasteiger partial charge in [-0.1, -0.05) is 33.1 Å². The fourth-order valence-electron chi connectivity index (χ4n) is 4.33. The topological polar surface area (TPSA) is 24.5 Å². The molecule has 1 N–H and O–H groups in total. The second kappa shape index (κ2) is 6.97. The number of nitrogens with one attached hydrogen (secondary N) is 1. The summed E-state index contributed by atoms with van der Waals surface area (Å²) in [5, 5.41) is 3.93. The molecule has 0 aromatic rings. The molecule has 0 amide bonds. The molecular weight excluding hydrogens is 260 g/mol. The maximum Gasteiger partial charge on any atom is 0.0752 e. The Kier molecular flexibility index (Phi) is 5.72. The molecule has 1 atom stereocenters. The van der Waals surface area contributed by atoms with Gasteiger partial charge in [0.25, 0.3) is 0 Å². The van der Waals surface area contributed by atoms with E-state index in [1.54, 1.807) is 0 Å². The summed E-state index contributed by atoms with van der Waals surface area (Å²) in [6, 6.07) is 0.636. The molecule has 3 nitrogen and oxygen atoms in total. The minimum atomic E-state index is -0.0465. The number of hydrogen-bond acceptors (Lipinski definition) is 3. The molecule has 0 aromatic heterocycles. The Morgan fingerprint density at radius 2 is 1.90 bits per heavy atom. The number of ether oxygens (including phenoxy) is 1. The third-order valence-corrected chi connectivity index (χ3v) is 5.36. The van der Waals surface area contributed by atoms with E-state index in [9.17, 15) is 0 Å². The van der Waals surface area contributed by atoms with Crippen LogP contribution in [0.2, 0.25) is 0 Å². The molecule has 0 radical (unpaired) electrons. The smallest absolute Gasteiger partial charge is 0.0752 e. The second-order valence-electron chi connectivity index (χ2n) is 8.13. The standard InChI is InChI=1S/C18H36N2O/c1-6-21-17(4,5)13-20-14-18(10-8-7-9-11-18)19-12-16(20)15(2)3/h15-16,19H,6-14H2,1-5H3. The average molecular weight is 296 g/mol. The van der Waals surface area contributed by atoms with Gasteiger partial charge in [0.15, 0.2) is 0 Å². The first-order valence-electron chi connectivity index (χ1n) is 9.00. The third kappa shape index (κ3) is 4.43. The minimum absolute atomic E-state index is 0.0465. The van der Waals surface area contributed by atoms with Gasteiger partial charge in [0.2, 0.25) is 0 Å². The van der Waals surface area contributed by atoms with Crippen molar-refractivity contribution in [3.63, 3.8) is 0 Å². The molecule has 0 aromatic carbocycles. The Bertz CT molecular complexity index is 321. The van der Waals surface area contributed by atoms with Crippen LogP contribution in [0.15, 0.2) is 0 Å². The Morgan fingerprint density at radius 1 is 1.24 bits per heavy atom. The molecule has 1 heterocycles. The lowest BCUT2D eigenvalue weighted by molar-refractivity contribution is -0.0647. The van der Waals surface area contributed by atoms with Crippen molar-refractivity contribution in [1.29, 1.82) is 0 Å². The SMILES string of the molecule is CCOC(C)(C)CN1CC2(CCCCC2)NCC1C(C)C. The number of piperazine rings is 1. The Morgan fingerprint density at radius 3 is 2.48 bits per heavy atom. The van der Waals surface area contributed by atoms with E-state index < -0.39 is 0 Å². The predicted octanol–water partition coefficient (Wildman–Crippen LogP) is 3.43. The molecule has 1 saturated carbocycles. The van der Waals surface area contributed by atoms with Gasteiger partial charge in [-0.05, 0) is 39.5 Å². The quantitative estimate of drug-likeness (QED) is 0.841. The van der Waals surface area contributed by atoms with Crippen LogP contribution in [0.3, 0.4) is 0 Å². The van der Waals surface area contributed by atoms with E-state index in [2.05, 4.69) is 44.8 Å². The van der Waals surface area contributed by atoms with Gasteiger partial charge in [0.05, 0.1) is 5.60 Å². The molecule has 2 aliphatic rings. The molecule has 1 aliphatic carbocycles. The van der Waals surface area contributed by atoms with Crippen molar-refractivity contribution in [3.8, 4) is 0 Å². The summed E-state index contributed by atoms with van der Waals surface area (Å²) >= 11 is 0. The van der Waals surface area contributed by atoms with E-state index in [-0.39, 0.29) is 5.60 Å². The molecule has 1 spiro atoms. The average Bonchev–Trinajstić information content (AvgIpc) is 2.38. The highest BCUT2D eigenvalue weighted by Crippen LogP contribution is 2.33. The van der Waals surface area contributed by atoms with Crippen LogP contribution in [0, 0.1) is 5.92 Å². The summed E-state index contributed by atoms with van der Waals surface area (Å²) in [7, 11) is 0. The lowest BCUT2D eigenvalue weighted by Crippen LogP contribution is -2.67. The zero-order chi connectivity index (χ0) is 15.5. The van der Waals surface area contributed by atoms with Crippen LogP contribution >= 0.6 is 0 Å². The number of rotatable bonds is 5. The molecule has 1 saturated heterocycles. The summed E-state index contributed by atoms with van der Waals surface area (Å²) in [5.41, 5.74) is 0.334. The van der Waals surface area contributed by atoms with Gasteiger partial charge in [-0.25, -0.2) is 0 Å². The number of nitrogens with zero attached hydrogens (tertiary/aromatic N) is 1. The van der Waals surface area contributed by atoms with E-state index in [1.807, 2.05) is 0 Å². The maximum absolute atomic E-state index is 5.97. The second-order valence-corrected chi connectivity index (χ2v) is 8.13. The van der Waals surface area contributed by atoms with Gasteiger partial charge in [-0.15, -0.1) is 0 Å². The summed E-state index contributed by atoms with van der Waals surface area (Å²) < 4.78 is 5.97. The molecule has 124 valence electrons. The van der Waals surface area contributed by atoms with Gasteiger partial charge in [-0.2, -0.15) is 0 Å². The fourth-order valence-corrected chi connectivity index (χ4v) is 4.33. The minimum Gasteiger partial charge on any atom is -0.375 e. The molecule has 21 heavy (non-hydrogen) atoms. The summed E-state index contributed by atoms with van der Waals surface area (Å²) in [4.78, 5) is 2.72. The zero-order valence-corrected chi connectivity index (χ0v) is 14.9. The summed E-state index contributed by atoms with van der Waals surface area (Å²) in [6.07, 6.45) is 6.90. The molecule has 3 heteroatoms. The normalized spacial score (nSPS) is 27.4. The van der Waals surface area contributed by atoms with Crippen molar-refractivity contribution in [2.24, 2.45) is 5.92 Å². The van der Waals surface area contributed by atoms with Gasteiger partial charge in [0.1, 0.15) is 0 Å². The molecule has 0 bridgehead atoms. The third-order valence-electron chi connectivity index (χ3n) is 5.36. The lowest BCUT2D eigenvalue weighted by Gasteiger charge is -2.52. The Balaban J connectivity index is 2.07. The van der Waals surface area contributed by atoms with Crippen molar-refractivity contribution >= 4 is 0 Å². The first kappa shape index (κ1) is 17.2. The lowest BCUT2D eigenvalue weighted by atomic mass is 9.78. The van der Waals surface area contributed by atoms with Gasteiger partial charge in [0, 0.05) is 37.8 Å². The molecular formula is C18H36N2O. The van der Waals surface area contributed by atoms with E-state index in [1.165, 1.54) is 38.6 Å². The summed E-state index contributed by atoms with van der Waals surface area (Å²) in [6.45, 7) is 15.5. The Labute approximate surface area is 131 Å². The molecule has 2 rings (SSSR count). The van der Waals surface area contributed by atoms with Crippen molar-refractivity contribution in [2.75, 3.05) is 26.2 Å². The van der Waals surface area contributed by atoms with Gasteiger partial charge >= 0.3 is 0 Å². The van der Waals surface area contributed by atoms with Gasteiger partial charge in [-0.3, -0.25) is 4.90 Å². The fraction of sp³-hybridized carbons (Fsp3) is 1.00. The summed E-state index contributed by atoms with van der Waals surface area (Å²) in [5.74, 6) is 0.691. The zero-order valence-electron chi connectivity index (χ0n) is 14.9. The van der Waals surface area contributed by atoms with E-state index in [4.69, 9.17) is 4.74 Å². The van der Waals surface area contributed by atoms with E-state index >= 15 is 0 Å². The predicted molar refractivity (Wildman–Crippen MR) is 89.7 cm³/mol. The number of hydrogen-bond donors (Lipinski definition) is 1. The van der Waals surface area contributed by atoms with E-state index in [0.29, 0.717) is 17.5 Å². The first-order valence-corrected chi connectivity index (χ1v) is 9.00. The largest absolute Gasteiger partial charge is 0.375 e. The van der Waals surface area contributed by atoms with Crippen LogP contribution in [0.1, 0.15) is 66.7 Å². The van der Waals surface area contributed by atoms with Crippen molar-refractivity contribution in [1.82, 2.24) is 10.2 Å². The maximum atomic E-state index is 5.97. The van der Waals surface area contributed by atoms with Crippen LogP contribution in [-0.4, -0.2) is 48.3 Å². The van der Waals surface area contributed by atoms with Crippen LogP contribution in [0.4, 0.5) is 0 Å². The highest BCUT2D eigenvalue weighted by atomic mass is 16.5. The highest BCUT2D eigenvalue weighted by molar-refractivity contribution is 5.01. The van der Waals surface area contributed by atoms with Crippen molar-refractivity contribution < 1.29 is 4.74 Å². The van der Waals surface area contributed by atoms with Crippen LogP contribution in [0.25, 0.3) is 0 Å². The molecule has 1 aliphatic heterocycles. The first-order chi connectivity index (χ1) is 9.87. The monoisotopic (exact) mass is 296 g/mol. The highest BCUT2D eigenvalue weighted by Gasteiger charge is 2.42. The van der Waals surface area contributed by atoms with Crippen LogP contribution < -0.4 is 5.32 Å². The van der Waals surface area contributed by atoms with E-state index in [0.717, 1.165) is 19.7 Å².